The largest absolute Gasteiger partial charge is 0.422 e. The molecular formula is C20H15N3O3. The highest BCUT2D eigenvalue weighted by Gasteiger charge is 2.25. The number of nitrogens with zero attached hydrogens (tertiary/aromatic N) is 3. The van der Waals surface area contributed by atoms with Crippen LogP contribution in [0.4, 0.5) is 5.69 Å². The summed E-state index contributed by atoms with van der Waals surface area (Å²) in [5.41, 5.74) is 2.82. The average Bonchev–Trinajstić information content (AvgIpc) is 3.27. The number of amides is 1. The van der Waals surface area contributed by atoms with E-state index in [1.54, 1.807) is 15.6 Å². The van der Waals surface area contributed by atoms with Gasteiger partial charge >= 0.3 is 5.63 Å². The van der Waals surface area contributed by atoms with Gasteiger partial charge in [0.25, 0.3) is 0 Å². The second-order valence-corrected chi connectivity index (χ2v) is 6.37. The molecule has 2 aromatic heterocycles. The van der Waals surface area contributed by atoms with Gasteiger partial charge in [-0.25, -0.2) is 4.79 Å². The Kier molecular flexibility index (Phi) is 3.18. The molecule has 1 amide bonds. The fourth-order valence-electron chi connectivity index (χ4n) is 3.66. The number of anilines is 1. The van der Waals surface area contributed by atoms with Crippen molar-refractivity contribution in [2.45, 2.75) is 13.0 Å². The van der Waals surface area contributed by atoms with Gasteiger partial charge in [-0.05, 0) is 30.2 Å². The van der Waals surface area contributed by atoms with E-state index in [0.29, 0.717) is 23.0 Å². The Bertz CT molecular complexity index is 1220. The third-order valence-electron chi connectivity index (χ3n) is 4.88. The van der Waals surface area contributed by atoms with Gasteiger partial charge in [-0.15, -0.1) is 0 Å². The molecule has 6 heteroatoms. The highest BCUT2D eigenvalue weighted by molar-refractivity contribution is 6.03. The number of carbonyl (C=O) groups excluding carboxylic acids is 1. The van der Waals surface area contributed by atoms with Crippen LogP contribution >= 0.6 is 0 Å². The van der Waals surface area contributed by atoms with E-state index in [2.05, 4.69) is 5.10 Å². The number of fused-ring (bicyclic) bond motifs is 4. The first-order valence-corrected chi connectivity index (χ1v) is 8.48. The molecule has 0 unspecified atom stereocenters. The average molecular weight is 345 g/mol. The van der Waals surface area contributed by atoms with E-state index in [-0.39, 0.29) is 12.5 Å². The summed E-state index contributed by atoms with van der Waals surface area (Å²) in [6.45, 7) is 0.742. The molecule has 0 radical (unpaired) electrons. The molecule has 26 heavy (non-hydrogen) atoms. The molecule has 0 saturated carbocycles. The predicted octanol–water partition coefficient (Wildman–Crippen LogP) is 2.73. The fraction of sp³-hybridized carbons (Fsp3) is 0.150. The van der Waals surface area contributed by atoms with Crippen LogP contribution in [0.25, 0.3) is 21.9 Å². The van der Waals surface area contributed by atoms with Gasteiger partial charge in [0.1, 0.15) is 17.5 Å². The maximum atomic E-state index is 12.9. The molecule has 0 fully saturated rings. The second kappa shape index (κ2) is 5.56. The first kappa shape index (κ1) is 14.9. The maximum Gasteiger partial charge on any atom is 0.347 e. The fourth-order valence-corrected chi connectivity index (χ4v) is 3.66. The Balaban J connectivity index is 1.58. The SMILES string of the molecule is O=C(Cn1ncc2c(=O)oc3ccccc3c21)N1CCc2ccccc21. The van der Waals surface area contributed by atoms with Gasteiger partial charge in [-0.2, -0.15) is 5.10 Å². The molecule has 1 aliphatic rings. The first-order valence-electron chi connectivity index (χ1n) is 8.48. The van der Waals surface area contributed by atoms with Gasteiger partial charge in [0.05, 0.1) is 11.7 Å². The molecule has 0 spiro atoms. The Labute approximate surface area is 148 Å². The van der Waals surface area contributed by atoms with E-state index in [1.165, 1.54) is 11.8 Å². The zero-order valence-corrected chi connectivity index (χ0v) is 13.9. The highest BCUT2D eigenvalue weighted by Crippen LogP contribution is 2.28. The van der Waals surface area contributed by atoms with E-state index in [9.17, 15) is 9.59 Å². The number of aromatic nitrogens is 2. The molecule has 3 heterocycles. The van der Waals surface area contributed by atoms with E-state index in [1.807, 2.05) is 42.5 Å². The van der Waals surface area contributed by atoms with Gasteiger partial charge in [0.2, 0.25) is 5.91 Å². The summed E-state index contributed by atoms with van der Waals surface area (Å²) in [5.74, 6) is -0.0442. The van der Waals surface area contributed by atoms with Crippen LogP contribution < -0.4 is 10.5 Å². The van der Waals surface area contributed by atoms with Crippen molar-refractivity contribution in [1.29, 1.82) is 0 Å². The third-order valence-corrected chi connectivity index (χ3v) is 4.88. The van der Waals surface area contributed by atoms with Gasteiger partial charge in [-0.3, -0.25) is 9.48 Å². The van der Waals surface area contributed by atoms with E-state index in [4.69, 9.17) is 4.42 Å². The van der Waals surface area contributed by atoms with Crippen LogP contribution in [-0.2, 0) is 17.8 Å². The Morgan fingerprint density at radius 3 is 2.81 bits per heavy atom. The normalized spacial score (nSPS) is 13.5. The van der Waals surface area contributed by atoms with Crippen LogP contribution in [0.1, 0.15) is 5.56 Å². The van der Waals surface area contributed by atoms with Crippen molar-refractivity contribution in [3.8, 4) is 0 Å². The van der Waals surface area contributed by atoms with E-state index < -0.39 is 5.63 Å². The Hall–Kier alpha value is -3.41. The lowest BCUT2D eigenvalue weighted by atomic mass is 10.2. The number of rotatable bonds is 2. The molecule has 128 valence electrons. The lowest BCUT2D eigenvalue weighted by molar-refractivity contribution is -0.119. The summed E-state index contributed by atoms with van der Waals surface area (Å²) in [7, 11) is 0. The molecular weight excluding hydrogens is 330 g/mol. The predicted molar refractivity (Wildman–Crippen MR) is 98.3 cm³/mol. The molecule has 0 saturated heterocycles. The van der Waals surface area contributed by atoms with Gasteiger partial charge in [0.15, 0.2) is 0 Å². The molecule has 5 rings (SSSR count). The molecule has 4 aromatic rings. The number of carbonyl (C=O) groups is 1. The van der Waals surface area contributed by atoms with Crippen molar-refractivity contribution in [3.63, 3.8) is 0 Å². The summed E-state index contributed by atoms with van der Waals surface area (Å²) < 4.78 is 6.93. The smallest absolute Gasteiger partial charge is 0.347 e. The topological polar surface area (TPSA) is 68.3 Å². The van der Waals surface area contributed by atoms with Crippen molar-refractivity contribution in [2.75, 3.05) is 11.4 Å². The van der Waals surface area contributed by atoms with Crippen molar-refractivity contribution in [1.82, 2.24) is 9.78 Å². The van der Waals surface area contributed by atoms with E-state index >= 15 is 0 Å². The zero-order valence-electron chi connectivity index (χ0n) is 13.9. The lowest BCUT2D eigenvalue weighted by Crippen LogP contribution is -2.32. The minimum absolute atomic E-state index is 0.0442. The minimum atomic E-state index is -0.441. The van der Waals surface area contributed by atoms with Gasteiger partial charge in [0, 0.05) is 17.6 Å². The lowest BCUT2D eigenvalue weighted by Gasteiger charge is -2.17. The number of benzene rings is 2. The van der Waals surface area contributed by atoms with Gasteiger partial charge in [-0.1, -0.05) is 30.3 Å². The number of hydrogen-bond donors (Lipinski definition) is 0. The number of hydrogen-bond acceptors (Lipinski definition) is 4. The number of para-hydroxylation sites is 2. The van der Waals surface area contributed by atoms with Crippen molar-refractivity contribution in [2.24, 2.45) is 0 Å². The van der Waals surface area contributed by atoms with Crippen LogP contribution in [0, 0.1) is 0 Å². The molecule has 0 aliphatic carbocycles. The first-order chi connectivity index (χ1) is 12.7. The summed E-state index contributed by atoms with van der Waals surface area (Å²) in [4.78, 5) is 26.9. The van der Waals surface area contributed by atoms with Crippen LogP contribution in [0.3, 0.4) is 0 Å². The molecule has 1 aliphatic heterocycles. The third kappa shape index (κ3) is 2.15. The zero-order chi connectivity index (χ0) is 17.7. The Morgan fingerprint density at radius 2 is 1.88 bits per heavy atom. The summed E-state index contributed by atoms with van der Waals surface area (Å²) in [6.07, 6.45) is 2.33. The minimum Gasteiger partial charge on any atom is -0.422 e. The van der Waals surface area contributed by atoms with E-state index in [0.717, 1.165) is 17.5 Å². The standard InChI is InChI=1S/C20H15N3O3/c24-18(22-10-9-13-5-1-3-7-16(13)22)12-23-19-14-6-2-4-8-17(14)26-20(25)15(19)11-21-23/h1-8,11H,9-10,12H2. The van der Waals surface area contributed by atoms with Crippen molar-refractivity contribution >= 4 is 33.5 Å². The van der Waals surface area contributed by atoms with Crippen molar-refractivity contribution < 1.29 is 9.21 Å². The van der Waals surface area contributed by atoms with Crippen molar-refractivity contribution in [3.05, 3.63) is 70.7 Å². The molecule has 0 atom stereocenters. The summed E-state index contributed by atoms with van der Waals surface area (Å²) in [6, 6.07) is 15.2. The van der Waals surface area contributed by atoms with Crippen LogP contribution in [0.2, 0.25) is 0 Å². The molecule has 0 bridgehead atoms. The molecule has 6 nitrogen and oxygen atoms in total. The summed E-state index contributed by atoms with van der Waals surface area (Å²) >= 11 is 0. The summed E-state index contributed by atoms with van der Waals surface area (Å²) in [5, 5.41) is 5.44. The second-order valence-electron chi connectivity index (χ2n) is 6.37. The monoisotopic (exact) mass is 345 g/mol. The van der Waals surface area contributed by atoms with Crippen LogP contribution in [0.5, 0.6) is 0 Å². The van der Waals surface area contributed by atoms with Crippen LogP contribution in [0.15, 0.2) is 63.9 Å². The van der Waals surface area contributed by atoms with Gasteiger partial charge < -0.3 is 9.32 Å². The molecule has 0 N–H and O–H groups in total. The quantitative estimate of drug-likeness (QED) is 0.524. The Morgan fingerprint density at radius 1 is 1.08 bits per heavy atom. The maximum absolute atomic E-state index is 12.9. The highest BCUT2D eigenvalue weighted by atomic mass is 16.4. The molecule has 2 aromatic carbocycles. The van der Waals surface area contributed by atoms with Crippen LogP contribution in [-0.4, -0.2) is 22.2 Å².